The smallest absolute Gasteiger partial charge is 0.238 e. The van der Waals surface area contributed by atoms with E-state index in [1.807, 2.05) is 31.2 Å². The van der Waals surface area contributed by atoms with E-state index in [9.17, 15) is 4.79 Å². The molecular weight excluding hydrogens is 402 g/mol. The van der Waals surface area contributed by atoms with Crippen LogP contribution >= 0.6 is 11.8 Å². The van der Waals surface area contributed by atoms with Crippen molar-refractivity contribution in [3.63, 3.8) is 0 Å². The molecule has 0 bridgehead atoms. The molecule has 0 aliphatic heterocycles. The van der Waals surface area contributed by atoms with Crippen molar-refractivity contribution in [1.29, 1.82) is 0 Å². The zero-order chi connectivity index (χ0) is 21.1. The summed E-state index contributed by atoms with van der Waals surface area (Å²) in [4.78, 5) is 20.7. The molecule has 2 aromatic heterocycles. The number of aromatic nitrogens is 4. The van der Waals surface area contributed by atoms with Gasteiger partial charge >= 0.3 is 0 Å². The quantitative estimate of drug-likeness (QED) is 0.433. The molecule has 8 nitrogen and oxygen atoms in total. The molecule has 4 aromatic rings. The molecule has 2 heterocycles. The molecule has 1 unspecified atom stereocenters. The molecule has 2 aromatic carbocycles. The topological polar surface area (TPSA) is 102 Å². The third-order valence-corrected chi connectivity index (χ3v) is 5.89. The second-order valence-corrected chi connectivity index (χ2v) is 7.70. The van der Waals surface area contributed by atoms with Gasteiger partial charge in [-0.3, -0.25) is 4.79 Å². The number of para-hydroxylation sites is 1. The molecule has 0 saturated carbocycles. The SMILES string of the molecule is CCC(Sc1nnc2c(n1)[nH]c1ccccc12)C(=O)Nc1cc(OC)ccc1OC. The normalized spacial score (nSPS) is 12.1. The minimum absolute atomic E-state index is 0.172. The zero-order valence-corrected chi connectivity index (χ0v) is 17.6. The molecule has 0 radical (unpaired) electrons. The first-order chi connectivity index (χ1) is 14.6. The van der Waals surface area contributed by atoms with E-state index in [0.29, 0.717) is 39.9 Å². The molecular formula is C21H21N5O3S. The van der Waals surface area contributed by atoms with Gasteiger partial charge in [-0.2, -0.15) is 0 Å². The molecule has 154 valence electrons. The van der Waals surface area contributed by atoms with Gasteiger partial charge in [0, 0.05) is 17.0 Å². The summed E-state index contributed by atoms with van der Waals surface area (Å²) in [5.41, 5.74) is 2.87. The second-order valence-electron chi connectivity index (χ2n) is 6.53. The number of nitrogens with one attached hydrogen (secondary N) is 2. The molecule has 30 heavy (non-hydrogen) atoms. The highest BCUT2D eigenvalue weighted by Gasteiger charge is 2.22. The van der Waals surface area contributed by atoms with Crippen molar-refractivity contribution in [3.05, 3.63) is 42.5 Å². The third-order valence-electron chi connectivity index (χ3n) is 4.68. The van der Waals surface area contributed by atoms with Gasteiger partial charge < -0.3 is 19.8 Å². The monoisotopic (exact) mass is 423 g/mol. The Labute approximate surface area is 177 Å². The van der Waals surface area contributed by atoms with Crippen molar-refractivity contribution in [3.8, 4) is 11.5 Å². The Morgan fingerprint density at radius 3 is 2.77 bits per heavy atom. The molecule has 1 amide bonds. The highest BCUT2D eigenvalue weighted by atomic mass is 32.2. The van der Waals surface area contributed by atoms with Gasteiger partial charge in [-0.15, -0.1) is 10.2 Å². The van der Waals surface area contributed by atoms with Crippen molar-refractivity contribution >= 4 is 45.4 Å². The Balaban J connectivity index is 1.55. The van der Waals surface area contributed by atoms with E-state index in [1.165, 1.54) is 11.8 Å². The van der Waals surface area contributed by atoms with Crippen molar-refractivity contribution < 1.29 is 14.3 Å². The summed E-state index contributed by atoms with van der Waals surface area (Å²) < 4.78 is 10.6. The van der Waals surface area contributed by atoms with Gasteiger partial charge in [0.15, 0.2) is 5.65 Å². The van der Waals surface area contributed by atoms with Crippen molar-refractivity contribution in [1.82, 2.24) is 20.2 Å². The maximum Gasteiger partial charge on any atom is 0.238 e. The van der Waals surface area contributed by atoms with Crippen LogP contribution in [0.25, 0.3) is 22.1 Å². The van der Waals surface area contributed by atoms with Gasteiger partial charge in [-0.1, -0.05) is 36.9 Å². The molecule has 0 aliphatic carbocycles. The van der Waals surface area contributed by atoms with Crippen molar-refractivity contribution in [2.24, 2.45) is 0 Å². The number of carbonyl (C=O) groups is 1. The van der Waals surface area contributed by atoms with Gasteiger partial charge in [0.25, 0.3) is 0 Å². The Morgan fingerprint density at radius 2 is 2.00 bits per heavy atom. The molecule has 0 spiro atoms. The van der Waals surface area contributed by atoms with E-state index in [0.717, 1.165) is 10.9 Å². The number of ether oxygens (including phenoxy) is 2. The Morgan fingerprint density at radius 1 is 1.17 bits per heavy atom. The fraction of sp³-hybridized carbons (Fsp3) is 0.238. The standard InChI is InChI=1S/C21H21N5O3S/c1-4-17(20(27)23-15-11-12(28-2)9-10-16(15)29-3)30-21-24-19-18(25-26-21)13-7-5-6-8-14(13)22-19/h5-11,17H,4H2,1-3H3,(H,23,27)(H,22,24,26). The van der Waals surface area contributed by atoms with E-state index in [-0.39, 0.29) is 5.91 Å². The van der Waals surface area contributed by atoms with E-state index in [1.54, 1.807) is 32.4 Å². The number of thioether (sulfide) groups is 1. The number of methoxy groups -OCH3 is 2. The number of H-pyrrole nitrogens is 1. The average molecular weight is 423 g/mol. The van der Waals surface area contributed by atoms with E-state index < -0.39 is 5.25 Å². The molecule has 1 atom stereocenters. The minimum Gasteiger partial charge on any atom is -0.497 e. The lowest BCUT2D eigenvalue weighted by Gasteiger charge is -2.16. The van der Waals surface area contributed by atoms with Crippen molar-refractivity contribution in [2.45, 2.75) is 23.8 Å². The summed E-state index contributed by atoms with van der Waals surface area (Å²) in [5.74, 6) is 1.01. The highest BCUT2D eigenvalue weighted by molar-refractivity contribution is 8.00. The number of nitrogens with zero attached hydrogens (tertiary/aromatic N) is 3. The van der Waals surface area contributed by atoms with E-state index in [4.69, 9.17) is 9.47 Å². The third kappa shape index (κ3) is 3.88. The van der Waals surface area contributed by atoms with E-state index >= 15 is 0 Å². The summed E-state index contributed by atoms with van der Waals surface area (Å²) >= 11 is 1.28. The maximum atomic E-state index is 12.9. The first-order valence-corrected chi connectivity index (χ1v) is 10.3. The Kier molecular flexibility index (Phi) is 5.71. The van der Waals surface area contributed by atoms with Crippen LogP contribution in [-0.4, -0.2) is 45.5 Å². The number of fused-ring (bicyclic) bond motifs is 3. The van der Waals surface area contributed by atoms with Gasteiger partial charge in [-0.05, 0) is 24.6 Å². The number of benzene rings is 2. The van der Waals surface area contributed by atoms with Gasteiger partial charge in [0.1, 0.15) is 17.0 Å². The average Bonchev–Trinajstić information content (AvgIpc) is 3.15. The fourth-order valence-electron chi connectivity index (χ4n) is 3.13. The fourth-order valence-corrected chi connectivity index (χ4v) is 3.95. The molecule has 9 heteroatoms. The van der Waals surface area contributed by atoms with Crippen LogP contribution in [0.4, 0.5) is 5.69 Å². The lowest BCUT2D eigenvalue weighted by Crippen LogP contribution is -2.25. The predicted octanol–water partition coefficient (Wildman–Crippen LogP) is 4.03. The predicted molar refractivity (Wildman–Crippen MR) is 117 cm³/mol. The maximum absolute atomic E-state index is 12.9. The Bertz CT molecular complexity index is 1210. The van der Waals surface area contributed by atoms with Crippen LogP contribution < -0.4 is 14.8 Å². The summed E-state index contributed by atoms with van der Waals surface area (Å²) in [6, 6.07) is 13.1. The van der Waals surface area contributed by atoms with Gasteiger partial charge in [0.2, 0.25) is 11.1 Å². The zero-order valence-electron chi connectivity index (χ0n) is 16.8. The van der Waals surface area contributed by atoms with Crippen LogP contribution in [0.15, 0.2) is 47.6 Å². The summed E-state index contributed by atoms with van der Waals surface area (Å²) in [6.07, 6.45) is 0.594. The summed E-state index contributed by atoms with van der Waals surface area (Å²) in [5, 5.41) is 12.5. The highest BCUT2D eigenvalue weighted by Crippen LogP contribution is 2.31. The molecule has 0 fully saturated rings. The number of hydrogen-bond donors (Lipinski definition) is 2. The molecule has 0 aliphatic rings. The number of hydrogen-bond acceptors (Lipinski definition) is 7. The van der Waals surface area contributed by atoms with Gasteiger partial charge in [0.05, 0.1) is 25.2 Å². The first kappa shape index (κ1) is 20.0. The summed E-state index contributed by atoms with van der Waals surface area (Å²) in [7, 11) is 3.13. The second kappa shape index (κ2) is 8.58. The number of anilines is 1. The largest absolute Gasteiger partial charge is 0.497 e. The molecule has 0 saturated heterocycles. The molecule has 2 N–H and O–H groups in total. The number of rotatable bonds is 7. The van der Waals surface area contributed by atoms with Gasteiger partial charge in [-0.25, -0.2) is 4.98 Å². The lowest BCUT2D eigenvalue weighted by molar-refractivity contribution is -0.115. The van der Waals surface area contributed by atoms with E-state index in [2.05, 4.69) is 25.5 Å². The van der Waals surface area contributed by atoms with Crippen LogP contribution in [0.3, 0.4) is 0 Å². The van der Waals surface area contributed by atoms with Crippen LogP contribution in [0.1, 0.15) is 13.3 Å². The van der Waals surface area contributed by atoms with Crippen LogP contribution in [0, 0.1) is 0 Å². The van der Waals surface area contributed by atoms with Crippen LogP contribution in [0.5, 0.6) is 11.5 Å². The lowest BCUT2D eigenvalue weighted by atomic mass is 10.2. The summed E-state index contributed by atoms with van der Waals surface area (Å²) in [6.45, 7) is 1.94. The van der Waals surface area contributed by atoms with Crippen molar-refractivity contribution in [2.75, 3.05) is 19.5 Å². The molecule has 4 rings (SSSR count). The number of aromatic amines is 1. The number of carbonyl (C=O) groups excluding carboxylic acids is 1. The number of amides is 1. The van der Waals surface area contributed by atoms with Crippen LogP contribution in [0.2, 0.25) is 0 Å². The minimum atomic E-state index is -0.399. The first-order valence-electron chi connectivity index (χ1n) is 9.43. The Hall–Kier alpha value is -3.33. The van der Waals surface area contributed by atoms with Crippen LogP contribution in [-0.2, 0) is 4.79 Å².